The Morgan fingerprint density at radius 3 is 2.41 bits per heavy atom. The molecule has 0 aliphatic rings. The average Bonchev–Trinajstić information content (AvgIpc) is 2.83. The number of phenolic OH excluding ortho intramolecular Hbond substituents is 1. The number of esters is 2. The number of ether oxygens (including phenoxy) is 3. The first-order chi connectivity index (χ1) is 16.4. The lowest BCUT2D eigenvalue weighted by Crippen LogP contribution is -2.36. The number of carbonyl (C=O) groups is 2. The summed E-state index contributed by atoms with van der Waals surface area (Å²) < 4.78 is 16.4. The number of hydrogen-bond acceptors (Lipinski definition) is 7. The van der Waals surface area contributed by atoms with Crippen LogP contribution in [-0.4, -0.2) is 49.4 Å². The summed E-state index contributed by atoms with van der Waals surface area (Å²) in [4.78, 5) is 26.8. The third-order valence-electron chi connectivity index (χ3n) is 5.30. The number of nitrogens with zero attached hydrogens (tertiary/aromatic N) is 1. The van der Waals surface area contributed by atoms with Gasteiger partial charge in [0.25, 0.3) is 0 Å². The van der Waals surface area contributed by atoms with Gasteiger partial charge in [0.15, 0.2) is 6.23 Å². The van der Waals surface area contributed by atoms with Crippen molar-refractivity contribution in [3.63, 3.8) is 0 Å². The number of aryl methyl sites for hydroxylation is 2. The molecular weight excluding hydrogens is 434 g/mol. The van der Waals surface area contributed by atoms with E-state index in [9.17, 15) is 14.7 Å². The number of rotatable bonds is 10. The van der Waals surface area contributed by atoms with E-state index < -0.39 is 18.2 Å². The second kappa shape index (κ2) is 11.9. The predicted octanol–water partition coefficient (Wildman–Crippen LogP) is 4.23. The summed E-state index contributed by atoms with van der Waals surface area (Å²) >= 11 is 0. The maximum atomic E-state index is 12.7. The van der Waals surface area contributed by atoms with Crippen LogP contribution in [-0.2, 0) is 22.4 Å². The average molecular weight is 464 g/mol. The third-order valence-corrected chi connectivity index (χ3v) is 5.30. The highest BCUT2D eigenvalue weighted by molar-refractivity contribution is 5.92. The fourth-order valence-corrected chi connectivity index (χ4v) is 3.39. The molecule has 3 aromatic rings. The van der Waals surface area contributed by atoms with Gasteiger partial charge in [0.05, 0.1) is 13.5 Å². The van der Waals surface area contributed by atoms with Gasteiger partial charge in [0.1, 0.15) is 22.8 Å². The van der Waals surface area contributed by atoms with Crippen LogP contribution in [0.2, 0.25) is 0 Å². The molecule has 1 unspecified atom stereocenters. The van der Waals surface area contributed by atoms with Crippen LogP contribution < -0.4 is 9.47 Å². The molecular formula is C27H29NO6. The van der Waals surface area contributed by atoms with Crippen molar-refractivity contribution < 1.29 is 28.9 Å². The molecule has 0 spiro atoms. The van der Waals surface area contributed by atoms with Crippen molar-refractivity contribution in [2.75, 3.05) is 21.2 Å². The predicted molar refractivity (Wildman–Crippen MR) is 128 cm³/mol. The summed E-state index contributed by atoms with van der Waals surface area (Å²) in [5, 5.41) is 9.89. The summed E-state index contributed by atoms with van der Waals surface area (Å²) in [5.41, 5.74) is 2.04. The molecule has 0 aliphatic carbocycles. The SMILES string of the molecule is COc1cccc(CCc2ccccc2OC(=O)CC(OC(=O)c2ccccc2O)N(C)C)c1. The number of benzene rings is 3. The first-order valence-electron chi connectivity index (χ1n) is 10.9. The van der Waals surface area contributed by atoms with Gasteiger partial charge < -0.3 is 19.3 Å². The van der Waals surface area contributed by atoms with Crippen molar-refractivity contribution in [3.8, 4) is 17.2 Å². The van der Waals surface area contributed by atoms with Crippen LogP contribution in [0.3, 0.4) is 0 Å². The van der Waals surface area contributed by atoms with Crippen molar-refractivity contribution >= 4 is 11.9 Å². The Bertz CT molecular complexity index is 1130. The Kier molecular flexibility index (Phi) is 8.65. The second-order valence-electron chi connectivity index (χ2n) is 7.98. The lowest BCUT2D eigenvalue weighted by atomic mass is 10.0. The molecule has 0 saturated carbocycles. The minimum absolute atomic E-state index is 0.0330. The molecule has 34 heavy (non-hydrogen) atoms. The van der Waals surface area contributed by atoms with E-state index in [0.29, 0.717) is 12.2 Å². The second-order valence-corrected chi connectivity index (χ2v) is 7.98. The van der Waals surface area contributed by atoms with Crippen LogP contribution in [0.5, 0.6) is 17.2 Å². The van der Waals surface area contributed by atoms with E-state index in [1.165, 1.54) is 12.1 Å². The molecule has 0 heterocycles. The van der Waals surface area contributed by atoms with Crippen molar-refractivity contribution in [1.82, 2.24) is 4.90 Å². The number of hydrogen-bond donors (Lipinski definition) is 1. The fourth-order valence-electron chi connectivity index (χ4n) is 3.39. The van der Waals surface area contributed by atoms with Crippen LogP contribution in [0.4, 0.5) is 0 Å². The summed E-state index contributed by atoms with van der Waals surface area (Å²) in [7, 11) is 5.02. The fraction of sp³-hybridized carbons (Fsp3) is 0.259. The molecule has 178 valence electrons. The number of carbonyl (C=O) groups excluding carboxylic acids is 2. The Hall–Kier alpha value is -3.84. The van der Waals surface area contributed by atoms with Gasteiger partial charge in [-0.15, -0.1) is 0 Å². The number of aromatic hydroxyl groups is 1. The van der Waals surface area contributed by atoms with Crippen LogP contribution in [0.15, 0.2) is 72.8 Å². The molecule has 3 rings (SSSR count). The van der Waals surface area contributed by atoms with Gasteiger partial charge >= 0.3 is 11.9 Å². The van der Waals surface area contributed by atoms with Gasteiger partial charge in [-0.2, -0.15) is 0 Å². The first kappa shape index (κ1) is 24.8. The molecule has 3 aromatic carbocycles. The zero-order valence-electron chi connectivity index (χ0n) is 19.6. The molecule has 0 saturated heterocycles. The topological polar surface area (TPSA) is 85.3 Å². The van der Waals surface area contributed by atoms with E-state index in [4.69, 9.17) is 14.2 Å². The van der Waals surface area contributed by atoms with Gasteiger partial charge in [-0.3, -0.25) is 9.69 Å². The third kappa shape index (κ3) is 6.83. The number of methoxy groups -OCH3 is 1. The Labute approximate surface area is 199 Å². The molecule has 0 aliphatic heterocycles. The Balaban J connectivity index is 1.63. The molecule has 0 fully saturated rings. The highest BCUT2D eigenvalue weighted by atomic mass is 16.6. The van der Waals surface area contributed by atoms with E-state index in [1.807, 2.05) is 36.4 Å². The van der Waals surface area contributed by atoms with Crippen LogP contribution in [0.25, 0.3) is 0 Å². The largest absolute Gasteiger partial charge is 0.507 e. The molecule has 7 heteroatoms. The van der Waals surface area contributed by atoms with Crippen LogP contribution in [0, 0.1) is 0 Å². The van der Waals surface area contributed by atoms with Gasteiger partial charge in [-0.05, 0) is 68.4 Å². The van der Waals surface area contributed by atoms with Crippen LogP contribution >= 0.6 is 0 Å². The van der Waals surface area contributed by atoms with Gasteiger partial charge in [-0.25, -0.2) is 4.79 Å². The summed E-state index contributed by atoms with van der Waals surface area (Å²) in [6.45, 7) is 0. The maximum absolute atomic E-state index is 12.7. The molecule has 0 radical (unpaired) electrons. The van der Waals surface area contributed by atoms with Crippen molar-refractivity contribution in [2.24, 2.45) is 0 Å². The summed E-state index contributed by atoms with van der Waals surface area (Å²) in [6, 6.07) is 21.3. The lowest BCUT2D eigenvalue weighted by molar-refractivity contribution is -0.139. The standard InChI is InChI=1S/C27H29NO6/c1-28(2)25(34-27(31)22-12-5-6-13-23(22)29)18-26(30)33-24-14-7-4-10-20(24)16-15-19-9-8-11-21(17-19)32-3/h4-14,17,25,29H,15-16,18H2,1-3H3. The zero-order chi connectivity index (χ0) is 24.5. The lowest BCUT2D eigenvalue weighted by Gasteiger charge is -2.23. The summed E-state index contributed by atoms with van der Waals surface area (Å²) in [5.74, 6) is -0.163. The van der Waals surface area contributed by atoms with E-state index in [2.05, 4.69) is 0 Å². The highest BCUT2D eigenvalue weighted by Gasteiger charge is 2.24. The minimum Gasteiger partial charge on any atom is -0.507 e. The Morgan fingerprint density at radius 2 is 1.68 bits per heavy atom. The van der Waals surface area contributed by atoms with E-state index in [-0.39, 0.29) is 17.7 Å². The molecule has 0 amide bonds. The molecule has 0 bridgehead atoms. The van der Waals surface area contributed by atoms with E-state index in [0.717, 1.165) is 23.3 Å². The first-order valence-corrected chi connectivity index (χ1v) is 10.9. The maximum Gasteiger partial charge on any atom is 0.343 e. The monoisotopic (exact) mass is 463 g/mol. The summed E-state index contributed by atoms with van der Waals surface area (Å²) in [6.07, 6.45) is 0.403. The van der Waals surface area contributed by atoms with E-state index in [1.54, 1.807) is 50.4 Å². The van der Waals surface area contributed by atoms with E-state index >= 15 is 0 Å². The number of phenols is 1. The molecule has 1 atom stereocenters. The minimum atomic E-state index is -0.858. The van der Waals surface area contributed by atoms with Crippen molar-refractivity contribution in [2.45, 2.75) is 25.5 Å². The molecule has 0 aromatic heterocycles. The molecule has 7 nitrogen and oxygen atoms in total. The van der Waals surface area contributed by atoms with Gasteiger partial charge in [0, 0.05) is 0 Å². The quantitative estimate of drug-likeness (QED) is 0.274. The highest BCUT2D eigenvalue weighted by Crippen LogP contribution is 2.23. The zero-order valence-corrected chi connectivity index (χ0v) is 19.6. The smallest absolute Gasteiger partial charge is 0.343 e. The van der Waals surface area contributed by atoms with Gasteiger partial charge in [-0.1, -0.05) is 42.5 Å². The van der Waals surface area contributed by atoms with Crippen LogP contribution in [0.1, 0.15) is 27.9 Å². The van der Waals surface area contributed by atoms with Crippen molar-refractivity contribution in [3.05, 3.63) is 89.5 Å². The number of para-hydroxylation sites is 2. The van der Waals surface area contributed by atoms with Gasteiger partial charge in [0.2, 0.25) is 0 Å². The Morgan fingerprint density at radius 1 is 0.941 bits per heavy atom. The normalized spacial score (nSPS) is 11.6. The molecule has 1 N–H and O–H groups in total. The van der Waals surface area contributed by atoms with Crippen molar-refractivity contribution in [1.29, 1.82) is 0 Å².